The summed E-state index contributed by atoms with van der Waals surface area (Å²) >= 11 is 13.0. The van der Waals surface area contributed by atoms with E-state index in [0.29, 0.717) is 20.2 Å². The van der Waals surface area contributed by atoms with Crippen molar-refractivity contribution in [3.63, 3.8) is 0 Å². The van der Waals surface area contributed by atoms with Crippen LogP contribution in [-0.2, 0) is 0 Å². The van der Waals surface area contributed by atoms with Crippen molar-refractivity contribution in [3.8, 4) is 0 Å². The number of nitrogens with two attached hydrogens (primary N) is 1. The molecule has 0 aliphatic carbocycles. The lowest BCUT2D eigenvalue weighted by Crippen LogP contribution is -1.93. The van der Waals surface area contributed by atoms with Gasteiger partial charge in [-0.05, 0) is 24.8 Å². The number of nitrogen functional groups attached to an aromatic ring is 1. The normalized spacial score (nSPS) is 10.7. The maximum absolute atomic E-state index is 5.97. The highest BCUT2D eigenvalue weighted by Crippen LogP contribution is 2.33. The Hall–Kier alpha value is -0.980. The van der Waals surface area contributed by atoms with Gasteiger partial charge < -0.3 is 5.73 Å². The van der Waals surface area contributed by atoms with Crippen LogP contribution in [0.25, 0.3) is 0 Å². The zero-order chi connectivity index (χ0) is 11.7. The van der Waals surface area contributed by atoms with Crippen molar-refractivity contribution in [2.24, 2.45) is 0 Å². The van der Waals surface area contributed by atoms with Crippen LogP contribution in [0.4, 0.5) is 5.82 Å². The third-order valence-electron chi connectivity index (χ3n) is 1.69. The molecule has 0 aromatic carbocycles. The van der Waals surface area contributed by atoms with Crippen LogP contribution in [0.2, 0.25) is 10.0 Å². The largest absolute Gasteiger partial charge is 0.382 e. The monoisotopic (exact) mass is 275 g/mol. The van der Waals surface area contributed by atoms with Gasteiger partial charge in [-0.3, -0.25) is 5.10 Å². The predicted molar refractivity (Wildman–Crippen MR) is 63.9 cm³/mol. The Bertz CT molecular complexity index is 527. The molecular formula is C8H7Cl2N5S. The van der Waals surface area contributed by atoms with Crippen molar-refractivity contribution in [2.45, 2.75) is 17.1 Å². The summed E-state index contributed by atoms with van der Waals surface area (Å²) in [4.78, 5) is 8.18. The van der Waals surface area contributed by atoms with Crippen molar-refractivity contribution in [1.29, 1.82) is 0 Å². The van der Waals surface area contributed by atoms with Gasteiger partial charge in [0.25, 0.3) is 0 Å². The number of aromatic amines is 1. The quantitative estimate of drug-likeness (QED) is 0.881. The van der Waals surface area contributed by atoms with Crippen molar-refractivity contribution in [3.05, 3.63) is 21.9 Å². The Kier molecular flexibility index (Phi) is 3.22. The van der Waals surface area contributed by atoms with Gasteiger partial charge in [0.1, 0.15) is 16.7 Å². The Morgan fingerprint density at radius 1 is 1.31 bits per heavy atom. The fourth-order valence-electron chi connectivity index (χ4n) is 0.989. The van der Waals surface area contributed by atoms with Gasteiger partial charge in [0.05, 0.1) is 10.0 Å². The summed E-state index contributed by atoms with van der Waals surface area (Å²) < 4.78 is 0. The van der Waals surface area contributed by atoms with Crippen LogP contribution < -0.4 is 5.73 Å². The average Bonchev–Trinajstić information content (AvgIpc) is 2.60. The molecular weight excluding hydrogens is 269 g/mol. The third-order valence-corrected chi connectivity index (χ3v) is 3.26. The molecule has 0 aliphatic heterocycles. The van der Waals surface area contributed by atoms with Gasteiger partial charge >= 0.3 is 0 Å². The highest BCUT2D eigenvalue weighted by molar-refractivity contribution is 7.99. The predicted octanol–water partition coefficient (Wildman–Crippen LogP) is 2.55. The van der Waals surface area contributed by atoms with Crippen LogP contribution >= 0.6 is 35.0 Å². The number of rotatable bonds is 2. The molecule has 2 aromatic rings. The molecule has 8 heteroatoms. The van der Waals surface area contributed by atoms with E-state index in [9.17, 15) is 0 Å². The molecule has 16 heavy (non-hydrogen) atoms. The molecule has 2 heterocycles. The highest BCUT2D eigenvalue weighted by atomic mass is 35.5. The van der Waals surface area contributed by atoms with E-state index in [4.69, 9.17) is 28.9 Å². The molecule has 0 spiro atoms. The number of nitrogens with one attached hydrogen (secondary N) is 1. The second-order valence-electron chi connectivity index (χ2n) is 2.95. The fourth-order valence-corrected chi connectivity index (χ4v) is 2.21. The number of pyridine rings is 1. The van der Waals surface area contributed by atoms with E-state index in [1.807, 2.05) is 6.92 Å². The van der Waals surface area contributed by atoms with Gasteiger partial charge in [-0.15, -0.1) is 5.10 Å². The lowest BCUT2D eigenvalue weighted by Gasteiger charge is -2.02. The number of hydrogen-bond acceptors (Lipinski definition) is 5. The zero-order valence-electron chi connectivity index (χ0n) is 8.16. The zero-order valence-corrected chi connectivity index (χ0v) is 10.5. The summed E-state index contributed by atoms with van der Waals surface area (Å²) in [5.74, 6) is 0.960. The molecule has 0 unspecified atom stereocenters. The number of aromatic nitrogens is 4. The van der Waals surface area contributed by atoms with Crippen LogP contribution in [0, 0.1) is 6.92 Å². The topological polar surface area (TPSA) is 80.5 Å². The van der Waals surface area contributed by atoms with Crippen molar-refractivity contribution in [2.75, 3.05) is 5.73 Å². The number of H-pyrrole nitrogens is 1. The summed E-state index contributed by atoms with van der Waals surface area (Å²) in [6, 6.07) is 1.55. The number of halogens is 2. The first-order valence-electron chi connectivity index (χ1n) is 4.24. The van der Waals surface area contributed by atoms with Gasteiger partial charge in [0.2, 0.25) is 5.16 Å². The molecule has 0 amide bonds. The second-order valence-corrected chi connectivity index (χ2v) is 4.72. The molecule has 0 bridgehead atoms. The molecule has 0 saturated heterocycles. The first-order valence-corrected chi connectivity index (χ1v) is 5.82. The van der Waals surface area contributed by atoms with Gasteiger partial charge in [0.15, 0.2) is 0 Å². The van der Waals surface area contributed by atoms with Gasteiger partial charge in [0, 0.05) is 0 Å². The SMILES string of the molecule is Cc1nc(Sc2nc(N)c(Cl)cc2Cl)n[nH]1. The van der Waals surface area contributed by atoms with Crippen molar-refractivity contribution in [1.82, 2.24) is 20.2 Å². The highest BCUT2D eigenvalue weighted by Gasteiger charge is 2.11. The molecule has 84 valence electrons. The van der Waals surface area contributed by atoms with E-state index in [0.717, 1.165) is 5.82 Å². The number of nitrogens with zero attached hydrogens (tertiary/aromatic N) is 3. The maximum atomic E-state index is 5.97. The second kappa shape index (κ2) is 4.48. The molecule has 0 radical (unpaired) electrons. The number of anilines is 1. The van der Waals surface area contributed by atoms with Crippen LogP contribution in [0.5, 0.6) is 0 Å². The Morgan fingerprint density at radius 3 is 2.69 bits per heavy atom. The van der Waals surface area contributed by atoms with Gasteiger partial charge in [-0.25, -0.2) is 9.97 Å². The molecule has 0 aliphatic rings. The molecule has 0 saturated carbocycles. The average molecular weight is 276 g/mol. The standard InChI is InChI=1S/C8H7Cl2N5S/c1-3-12-8(15-14-3)16-7-5(10)2-4(9)6(11)13-7/h2H,1H3,(H2,11,13)(H,12,14,15). The van der Waals surface area contributed by atoms with E-state index in [2.05, 4.69) is 20.2 Å². The van der Waals surface area contributed by atoms with Gasteiger partial charge in [-0.1, -0.05) is 23.2 Å². The molecule has 2 rings (SSSR count). The Morgan fingerprint density at radius 2 is 2.06 bits per heavy atom. The minimum Gasteiger partial charge on any atom is -0.382 e. The fraction of sp³-hybridized carbons (Fsp3) is 0.125. The van der Waals surface area contributed by atoms with Crippen molar-refractivity contribution >= 4 is 40.8 Å². The van der Waals surface area contributed by atoms with E-state index in [1.165, 1.54) is 11.8 Å². The maximum Gasteiger partial charge on any atom is 0.214 e. The third kappa shape index (κ3) is 2.40. The smallest absolute Gasteiger partial charge is 0.214 e. The van der Waals surface area contributed by atoms with E-state index >= 15 is 0 Å². The van der Waals surface area contributed by atoms with E-state index in [-0.39, 0.29) is 5.82 Å². The first-order chi connectivity index (χ1) is 7.56. The number of aryl methyl sites for hydroxylation is 1. The van der Waals surface area contributed by atoms with Crippen LogP contribution in [0.3, 0.4) is 0 Å². The summed E-state index contributed by atoms with van der Waals surface area (Å²) in [5, 5.41) is 8.51. The molecule has 5 nitrogen and oxygen atoms in total. The summed E-state index contributed by atoms with van der Waals surface area (Å²) in [7, 11) is 0. The minimum absolute atomic E-state index is 0.237. The van der Waals surface area contributed by atoms with E-state index in [1.54, 1.807) is 6.07 Å². The molecule has 3 N–H and O–H groups in total. The van der Waals surface area contributed by atoms with Crippen LogP contribution in [0.15, 0.2) is 16.2 Å². The molecule has 0 atom stereocenters. The van der Waals surface area contributed by atoms with Gasteiger partial charge in [-0.2, -0.15) is 0 Å². The Balaban J connectivity index is 2.31. The lowest BCUT2D eigenvalue weighted by atomic mass is 10.5. The number of hydrogen-bond donors (Lipinski definition) is 2. The Labute approximate surface area is 106 Å². The van der Waals surface area contributed by atoms with Crippen molar-refractivity contribution < 1.29 is 0 Å². The van der Waals surface area contributed by atoms with Crippen LogP contribution in [-0.4, -0.2) is 20.2 Å². The molecule has 2 aromatic heterocycles. The van der Waals surface area contributed by atoms with E-state index < -0.39 is 0 Å². The summed E-state index contributed by atoms with van der Waals surface area (Å²) in [6.45, 7) is 1.81. The summed E-state index contributed by atoms with van der Waals surface area (Å²) in [5.41, 5.74) is 5.58. The van der Waals surface area contributed by atoms with Crippen LogP contribution in [0.1, 0.15) is 5.82 Å². The minimum atomic E-state index is 0.237. The molecule has 0 fully saturated rings. The lowest BCUT2D eigenvalue weighted by molar-refractivity contribution is 0.965. The summed E-state index contributed by atoms with van der Waals surface area (Å²) in [6.07, 6.45) is 0. The first kappa shape index (κ1) is 11.5.